The average molecular weight is 330 g/mol. The SMILES string of the molecule is CN(C(=O)O)c1cc(Oc2ccc3c(c2)OCC3)ccc1[N+](=O)[O-]. The molecule has 1 aliphatic rings. The minimum Gasteiger partial charge on any atom is -0.493 e. The number of nitro groups is 1. The lowest BCUT2D eigenvalue weighted by molar-refractivity contribution is -0.384. The molecule has 0 saturated heterocycles. The molecule has 0 spiro atoms. The highest BCUT2D eigenvalue weighted by Gasteiger charge is 2.22. The zero-order valence-electron chi connectivity index (χ0n) is 12.8. The monoisotopic (exact) mass is 330 g/mol. The number of rotatable bonds is 4. The predicted molar refractivity (Wildman–Crippen MR) is 85.2 cm³/mol. The minimum absolute atomic E-state index is 0.0672. The van der Waals surface area contributed by atoms with Gasteiger partial charge in [-0.2, -0.15) is 0 Å². The van der Waals surface area contributed by atoms with Crippen LogP contribution in [0.1, 0.15) is 5.56 Å². The molecule has 0 saturated carbocycles. The van der Waals surface area contributed by atoms with E-state index in [0.29, 0.717) is 18.1 Å². The van der Waals surface area contributed by atoms with E-state index in [0.717, 1.165) is 22.6 Å². The maximum absolute atomic E-state index is 11.1. The number of nitro benzene ring substituents is 1. The average Bonchev–Trinajstić information content (AvgIpc) is 3.01. The molecule has 3 rings (SSSR count). The number of carboxylic acid groups (broad SMARTS) is 1. The van der Waals surface area contributed by atoms with E-state index in [2.05, 4.69) is 0 Å². The maximum Gasteiger partial charge on any atom is 0.411 e. The first-order chi connectivity index (χ1) is 11.5. The zero-order chi connectivity index (χ0) is 17.3. The number of amides is 1. The fourth-order valence-electron chi connectivity index (χ4n) is 2.44. The number of hydrogen-bond donors (Lipinski definition) is 1. The van der Waals surface area contributed by atoms with Crippen LogP contribution in [0.25, 0.3) is 0 Å². The summed E-state index contributed by atoms with van der Waals surface area (Å²) < 4.78 is 11.2. The Morgan fingerprint density at radius 1 is 1.29 bits per heavy atom. The Bertz CT molecular complexity index is 820. The molecule has 124 valence electrons. The molecule has 1 amide bonds. The van der Waals surface area contributed by atoms with Crippen LogP contribution in [0, 0.1) is 10.1 Å². The predicted octanol–water partition coefficient (Wildman–Crippen LogP) is 3.44. The third-order valence-corrected chi connectivity index (χ3v) is 3.70. The highest BCUT2D eigenvalue weighted by atomic mass is 16.6. The van der Waals surface area contributed by atoms with Gasteiger partial charge in [0.1, 0.15) is 22.9 Å². The van der Waals surface area contributed by atoms with Crippen molar-refractivity contribution in [3.05, 3.63) is 52.1 Å². The third kappa shape index (κ3) is 2.94. The van der Waals surface area contributed by atoms with Crippen molar-refractivity contribution in [1.29, 1.82) is 0 Å². The second kappa shape index (κ2) is 6.07. The van der Waals surface area contributed by atoms with E-state index in [1.54, 1.807) is 12.1 Å². The van der Waals surface area contributed by atoms with Gasteiger partial charge >= 0.3 is 6.09 Å². The van der Waals surface area contributed by atoms with Crippen LogP contribution in [0.3, 0.4) is 0 Å². The smallest absolute Gasteiger partial charge is 0.411 e. The Labute approximate surface area is 137 Å². The first kappa shape index (κ1) is 15.6. The number of nitrogens with zero attached hydrogens (tertiary/aromatic N) is 2. The van der Waals surface area contributed by atoms with Gasteiger partial charge in [0.2, 0.25) is 0 Å². The number of fused-ring (bicyclic) bond motifs is 1. The Morgan fingerprint density at radius 3 is 2.71 bits per heavy atom. The second-order valence-corrected chi connectivity index (χ2v) is 5.22. The molecule has 24 heavy (non-hydrogen) atoms. The first-order valence-corrected chi connectivity index (χ1v) is 7.14. The summed E-state index contributed by atoms with van der Waals surface area (Å²) in [6, 6.07) is 9.37. The maximum atomic E-state index is 11.1. The van der Waals surface area contributed by atoms with Gasteiger partial charge in [-0.3, -0.25) is 15.0 Å². The van der Waals surface area contributed by atoms with Crippen molar-refractivity contribution < 1.29 is 24.3 Å². The molecule has 0 atom stereocenters. The van der Waals surface area contributed by atoms with Crippen molar-refractivity contribution in [3.63, 3.8) is 0 Å². The first-order valence-electron chi connectivity index (χ1n) is 7.14. The fraction of sp³-hybridized carbons (Fsp3) is 0.188. The lowest BCUT2D eigenvalue weighted by Crippen LogP contribution is -2.24. The van der Waals surface area contributed by atoms with Gasteiger partial charge in [0, 0.05) is 31.7 Å². The van der Waals surface area contributed by atoms with Gasteiger partial charge in [0.25, 0.3) is 5.69 Å². The summed E-state index contributed by atoms with van der Waals surface area (Å²) in [5.41, 5.74) is 0.712. The number of ether oxygens (including phenoxy) is 2. The summed E-state index contributed by atoms with van der Waals surface area (Å²) in [4.78, 5) is 22.3. The fourth-order valence-corrected chi connectivity index (χ4v) is 2.44. The van der Waals surface area contributed by atoms with E-state index in [4.69, 9.17) is 14.6 Å². The molecule has 0 unspecified atom stereocenters. The molecule has 2 aromatic carbocycles. The number of anilines is 1. The van der Waals surface area contributed by atoms with Gasteiger partial charge in [0.15, 0.2) is 0 Å². The summed E-state index contributed by atoms with van der Waals surface area (Å²) in [6.45, 7) is 0.629. The van der Waals surface area contributed by atoms with Crippen molar-refractivity contribution in [2.45, 2.75) is 6.42 Å². The zero-order valence-corrected chi connectivity index (χ0v) is 12.8. The molecule has 2 aromatic rings. The number of hydrogen-bond acceptors (Lipinski definition) is 5. The van der Waals surface area contributed by atoms with Crippen molar-refractivity contribution in [1.82, 2.24) is 0 Å². The van der Waals surface area contributed by atoms with Crippen molar-refractivity contribution in [2.75, 3.05) is 18.6 Å². The van der Waals surface area contributed by atoms with E-state index in [1.807, 2.05) is 6.07 Å². The van der Waals surface area contributed by atoms with Crippen molar-refractivity contribution in [2.24, 2.45) is 0 Å². The molecule has 8 heteroatoms. The van der Waals surface area contributed by atoms with Gasteiger partial charge in [0.05, 0.1) is 11.5 Å². The van der Waals surface area contributed by atoms with Crippen molar-refractivity contribution >= 4 is 17.5 Å². The number of carbonyl (C=O) groups is 1. The van der Waals surface area contributed by atoms with Gasteiger partial charge in [-0.05, 0) is 17.7 Å². The Hall–Kier alpha value is -3.29. The van der Waals surface area contributed by atoms with Gasteiger partial charge in [-0.15, -0.1) is 0 Å². The highest BCUT2D eigenvalue weighted by Crippen LogP contribution is 2.36. The lowest BCUT2D eigenvalue weighted by Gasteiger charge is -2.15. The van der Waals surface area contributed by atoms with Crippen LogP contribution in [0.4, 0.5) is 16.2 Å². The van der Waals surface area contributed by atoms with Crippen molar-refractivity contribution in [3.8, 4) is 17.2 Å². The Kier molecular flexibility index (Phi) is 3.95. The normalized spacial score (nSPS) is 12.2. The highest BCUT2D eigenvalue weighted by molar-refractivity contribution is 5.89. The molecule has 0 aromatic heterocycles. The van der Waals surface area contributed by atoms with E-state index < -0.39 is 11.0 Å². The molecule has 0 bridgehead atoms. The van der Waals surface area contributed by atoms with E-state index in [9.17, 15) is 14.9 Å². The minimum atomic E-state index is -1.30. The van der Waals surface area contributed by atoms with Gasteiger partial charge in [-0.1, -0.05) is 6.07 Å². The second-order valence-electron chi connectivity index (χ2n) is 5.22. The van der Waals surface area contributed by atoms with E-state index >= 15 is 0 Å². The van der Waals surface area contributed by atoms with Gasteiger partial charge < -0.3 is 14.6 Å². The summed E-state index contributed by atoms with van der Waals surface area (Å²) in [5, 5.41) is 20.1. The molecule has 0 aliphatic carbocycles. The quantitative estimate of drug-likeness (QED) is 0.680. The third-order valence-electron chi connectivity index (χ3n) is 3.70. The summed E-state index contributed by atoms with van der Waals surface area (Å²) in [6.07, 6.45) is -0.457. The molecule has 8 nitrogen and oxygen atoms in total. The van der Waals surface area contributed by atoms with Crippen LogP contribution >= 0.6 is 0 Å². The van der Waals surface area contributed by atoms with Crippen LogP contribution in [0.5, 0.6) is 17.2 Å². The molecule has 0 fully saturated rings. The molecule has 1 heterocycles. The Balaban J connectivity index is 1.92. The Morgan fingerprint density at radius 2 is 2.00 bits per heavy atom. The summed E-state index contributed by atoms with van der Waals surface area (Å²) in [5.74, 6) is 1.55. The van der Waals surface area contributed by atoms with Crippen LogP contribution in [-0.2, 0) is 6.42 Å². The molecular formula is C16H14N2O6. The van der Waals surface area contributed by atoms with Crippen LogP contribution in [-0.4, -0.2) is 29.8 Å². The topological polar surface area (TPSA) is 102 Å². The van der Waals surface area contributed by atoms with Crippen LogP contribution in [0.2, 0.25) is 0 Å². The molecule has 1 N–H and O–H groups in total. The molecular weight excluding hydrogens is 316 g/mol. The lowest BCUT2D eigenvalue weighted by atomic mass is 10.1. The van der Waals surface area contributed by atoms with Crippen LogP contribution < -0.4 is 14.4 Å². The van der Waals surface area contributed by atoms with E-state index in [1.165, 1.54) is 25.2 Å². The van der Waals surface area contributed by atoms with E-state index in [-0.39, 0.29) is 11.4 Å². The van der Waals surface area contributed by atoms with Crippen LogP contribution in [0.15, 0.2) is 36.4 Å². The number of benzene rings is 2. The molecule has 1 aliphatic heterocycles. The summed E-state index contributed by atoms with van der Waals surface area (Å²) in [7, 11) is 1.23. The standard InChI is InChI=1S/C16H14N2O6/c1-17(16(19)20)14-8-11(4-5-13(14)18(21)22)24-12-3-2-10-6-7-23-15(10)9-12/h2-5,8-9H,6-7H2,1H3,(H,19,20). The largest absolute Gasteiger partial charge is 0.493 e. The summed E-state index contributed by atoms with van der Waals surface area (Å²) >= 11 is 0. The molecule has 0 radical (unpaired) electrons. The van der Waals surface area contributed by atoms with Gasteiger partial charge in [-0.25, -0.2) is 4.79 Å².